The maximum atomic E-state index is 7.88. The summed E-state index contributed by atoms with van der Waals surface area (Å²) in [6, 6.07) is 0. The average Bonchev–Trinajstić information content (AvgIpc) is 1.37. The van der Waals surface area contributed by atoms with Crippen molar-refractivity contribution in [3.05, 3.63) is 0 Å². The Morgan fingerprint density at radius 1 is 2.00 bits per heavy atom. The van der Waals surface area contributed by atoms with Crippen LogP contribution in [0.2, 0.25) is 0 Å². The second-order valence-corrected chi connectivity index (χ2v) is 0.724. The third kappa shape index (κ3) is 1.96. The summed E-state index contributed by atoms with van der Waals surface area (Å²) >= 11 is 0. The van der Waals surface area contributed by atoms with Gasteiger partial charge in [0.05, 0.1) is 0 Å². The van der Waals surface area contributed by atoms with Crippen molar-refractivity contribution in [2.75, 3.05) is 6.61 Å². The van der Waals surface area contributed by atoms with E-state index in [0.29, 0.717) is 6.61 Å². The number of hydrogen-bond acceptors (Lipinski definition) is 1. The maximum Gasteiger partial charge on any atom is 0.0428 e. The van der Waals surface area contributed by atoms with Gasteiger partial charge in [-0.1, -0.05) is 6.92 Å². The summed E-state index contributed by atoms with van der Waals surface area (Å²) in [5.41, 5.74) is 0. The fourth-order valence-corrected chi connectivity index (χ4v) is 0. The summed E-state index contributed by atoms with van der Waals surface area (Å²) in [4.78, 5) is 0. The van der Waals surface area contributed by atoms with E-state index in [1.807, 2.05) is 6.92 Å². The van der Waals surface area contributed by atoms with Crippen LogP contribution in [0, 0.1) is 0 Å². The molecule has 0 radical (unpaired) electrons. The summed E-state index contributed by atoms with van der Waals surface area (Å²) < 4.78 is 0. The zero-order valence-corrected chi connectivity index (χ0v) is 2.86. The van der Waals surface area contributed by atoms with Crippen LogP contribution in [-0.2, 0) is 0 Å². The molecule has 0 bridgehead atoms. The van der Waals surface area contributed by atoms with Gasteiger partial charge in [-0.2, -0.15) is 0 Å². The second kappa shape index (κ2) is 2.96. The van der Waals surface area contributed by atoms with Crippen molar-refractivity contribution in [2.24, 2.45) is 0 Å². The summed E-state index contributed by atoms with van der Waals surface area (Å²) in [7, 11) is 0. The standard InChI is InChI=1S/C3H8O.H2/c1-2-3-4;/h4H,2-3H2,1H3;1H. The van der Waals surface area contributed by atoms with Crippen molar-refractivity contribution < 1.29 is 6.53 Å². The van der Waals surface area contributed by atoms with E-state index in [1.54, 1.807) is 0 Å². The Balaban J connectivity index is 0. The van der Waals surface area contributed by atoms with E-state index >= 15 is 0 Å². The van der Waals surface area contributed by atoms with Gasteiger partial charge >= 0.3 is 0 Å². The molecule has 0 aliphatic rings. The molecule has 1 N–H and O–H groups in total. The molecule has 1 nitrogen and oxygen atoms in total. The average molecular weight is 62.1 g/mol. The summed E-state index contributed by atoms with van der Waals surface area (Å²) in [6.07, 6.45) is 0.875. The maximum absolute atomic E-state index is 7.88. The van der Waals surface area contributed by atoms with Crippen LogP contribution in [0.25, 0.3) is 0 Å². The molecule has 0 saturated carbocycles. The Kier molecular flexibility index (Phi) is 2.93. The lowest BCUT2D eigenvalue weighted by molar-refractivity contribution is 0.295. The first-order chi connectivity index (χ1) is 1.91. The summed E-state index contributed by atoms with van der Waals surface area (Å²) in [6.45, 7) is 2.25. The van der Waals surface area contributed by atoms with Gasteiger partial charge in [0.15, 0.2) is 0 Å². The Morgan fingerprint density at radius 2 is 2.25 bits per heavy atom. The molecule has 4 heavy (non-hydrogen) atoms. The number of aliphatic hydroxyl groups is 1. The Labute approximate surface area is 27.7 Å². The van der Waals surface area contributed by atoms with Crippen LogP contribution in [0.15, 0.2) is 0 Å². The Bertz CT molecular complexity index is 8.85. The molecule has 0 saturated heterocycles. The predicted octanol–water partition coefficient (Wildman–Crippen LogP) is 0.635. The first-order valence-electron chi connectivity index (χ1n) is 1.52. The van der Waals surface area contributed by atoms with E-state index < -0.39 is 0 Å². The normalized spacial score (nSPS) is 7.50. The minimum Gasteiger partial charge on any atom is -0.396 e. The molecule has 1 heteroatoms. The molecule has 0 aromatic heterocycles. The van der Waals surface area contributed by atoms with Crippen LogP contribution >= 0.6 is 0 Å². The van der Waals surface area contributed by atoms with Gasteiger partial charge in [0.1, 0.15) is 0 Å². The highest BCUT2D eigenvalue weighted by Gasteiger charge is 1.57. The monoisotopic (exact) mass is 62.1 g/mol. The quantitative estimate of drug-likeness (QED) is 0.472. The van der Waals surface area contributed by atoms with E-state index in [2.05, 4.69) is 0 Å². The molecular formula is C3H10O. The lowest BCUT2D eigenvalue weighted by Crippen LogP contribution is -1.69. The zero-order chi connectivity index (χ0) is 3.41. The largest absolute Gasteiger partial charge is 0.396 e. The van der Waals surface area contributed by atoms with Gasteiger partial charge in [0.2, 0.25) is 0 Å². The van der Waals surface area contributed by atoms with Crippen LogP contribution in [0.5, 0.6) is 0 Å². The summed E-state index contributed by atoms with van der Waals surface area (Å²) in [5, 5.41) is 7.88. The first kappa shape index (κ1) is 3.96. The third-order valence-corrected chi connectivity index (χ3v) is 0.224. The van der Waals surface area contributed by atoms with Gasteiger partial charge in [-0.05, 0) is 6.42 Å². The van der Waals surface area contributed by atoms with Crippen molar-refractivity contribution in [3.63, 3.8) is 0 Å². The molecule has 28 valence electrons. The van der Waals surface area contributed by atoms with Gasteiger partial charge in [-0.15, -0.1) is 0 Å². The van der Waals surface area contributed by atoms with Gasteiger partial charge < -0.3 is 5.11 Å². The molecule has 0 spiro atoms. The summed E-state index contributed by atoms with van der Waals surface area (Å²) in [5.74, 6) is 0. The van der Waals surface area contributed by atoms with E-state index in [-0.39, 0.29) is 1.43 Å². The van der Waals surface area contributed by atoms with Crippen LogP contribution in [-0.4, -0.2) is 11.7 Å². The van der Waals surface area contributed by atoms with E-state index in [0.717, 1.165) is 6.42 Å². The first-order valence-corrected chi connectivity index (χ1v) is 1.52. The van der Waals surface area contributed by atoms with E-state index in [4.69, 9.17) is 5.11 Å². The van der Waals surface area contributed by atoms with Crippen LogP contribution in [0.3, 0.4) is 0 Å². The molecule has 0 amide bonds. The highest BCUT2D eigenvalue weighted by atomic mass is 16.2. The van der Waals surface area contributed by atoms with E-state index in [1.165, 1.54) is 0 Å². The lowest BCUT2D eigenvalue weighted by atomic mass is 10.5. The van der Waals surface area contributed by atoms with Gasteiger partial charge in [-0.3, -0.25) is 0 Å². The third-order valence-electron chi connectivity index (χ3n) is 0.224. The highest BCUT2D eigenvalue weighted by Crippen LogP contribution is 1.61. The minimum absolute atomic E-state index is 0. The molecule has 0 unspecified atom stereocenters. The van der Waals surface area contributed by atoms with Crippen molar-refractivity contribution in [3.8, 4) is 0 Å². The lowest BCUT2D eigenvalue weighted by Gasteiger charge is -1.69. The highest BCUT2D eigenvalue weighted by molar-refractivity contribution is 4.10. The van der Waals surface area contributed by atoms with E-state index in [9.17, 15) is 0 Å². The Morgan fingerprint density at radius 3 is 2.25 bits per heavy atom. The molecule has 0 atom stereocenters. The van der Waals surface area contributed by atoms with Gasteiger partial charge in [-0.25, -0.2) is 0 Å². The molecule has 0 aliphatic carbocycles. The number of rotatable bonds is 1. The molecule has 0 fully saturated rings. The molecule has 0 rings (SSSR count). The van der Waals surface area contributed by atoms with Crippen molar-refractivity contribution in [2.45, 2.75) is 13.3 Å². The fraction of sp³-hybridized carbons (Fsp3) is 1.00. The van der Waals surface area contributed by atoms with Crippen molar-refractivity contribution >= 4 is 0 Å². The van der Waals surface area contributed by atoms with Crippen molar-refractivity contribution in [1.82, 2.24) is 0 Å². The molecule has 0 heterocycles. The fourth-order valence-electron chi connectivity index (χ4n) is 0. The molecule has 0 aliphatic heterocycles. The van der Waals surface area contributed by atoms with Crippen molar-refractivity contribution in [1.29, 1.82) is 0 Å². The Hall–Kier alpha value is -0.0400. The minimum atomic E-state index is 0. The van der Waals surface area contributed by atoms with Crippen LogP contribution < -0.4 is 0 Å². The van der Waals surface area contributed by atoms with Crippen LogP contribution in [0.1, 0.15) is 14.8 Å². The number of hydrogen-bond donors (Lipinski definition) is 1. The second-order valence-electron chi connectivity index (χ2n) is 0.724. The smallest absolute Gasteiger partial charge is 0.0428 e. The van der Waals surface area contributed by atoms with Gasteiger partial charge in [0.25, 0.3) is 0 Å². The topological polar surface area (TPSA) is 20.2 Å². The van der Waals surface area contributed by atoms with Crippen LogP contribution in [0.4, 0.5) is 0 Å². The zero-order valence-electron chi connectivity index (χ0n) is 2.86. The molecule has 0 aromatic carbocycles. The molecule has 0 aromatic rings. The SMILES string of the molecule is CCCO.[HH]. The van der Waals surface area contributed by atoms with Gasteiger partial charge in [0, 0.05) is 8.03 Å². The molecular weight excluding hydrogens is 52.0 g/mol. The number of aliphatic hydroxyl groups excluding tert-OH is 1. The predicted molar refractivity (Wildman–Crippen MR) is 19.5 cm³/mol.